The third-order valence-corrected chi connectivity index (χ3v) is 3.02. The van der Waals surface area contributed by atoms with Crippen molar-refractivity contribution in [3.8, 4) is 6.07 Å². The van der Waals surface area contributed by atoms with Crippen molar-refractivity contribution in [2.24, 2.45) is 11.7 Å². The molecular formula is C11H19N3O. The van der Waals surface area contributed by atoms with Gasteiger partial charge in [0.05, 0.1) is 12.5 Å². The Labute approximate surface area is 90.8 Å². The average molecular weight is 209 g/mol. The normalized spacial score (nSPS) is 27.0. The molecule has 4 heteroatoms. The molecule has 15 heavy (non-hydrogen) atoms. The van der Waals surface area contributed by atoms with E-state index in [0.29, 0.717) is 6.42 Å². The first-order valence-corrected chi connectivity index (χ1v) is 5.60. The molecule has 0 saturated heterocycles. The Hall–Kier alpha value is -1.08. The second-order valence-corrected chi connectivity index (χ2v) is 4.25. The smallest absolute Gasteiger partial charge is 0.223 e. The van der Waals surface area contributed by atoms with Gasteiger partial charge in [-0.3, -0.25) is 4.79 Å². The SMILES string of the molecule is CCC(CC#N)NC(=O)C1CCC(N)C1. The van der Waals surface area contributed by atoms with Crippen LogP contribution in [0.4, 0.5) is 0 Å². The Balaban J connectivity index is 2.37. The van der Waals surface area contributed by atoms with E-state index >= 15 is 0 Å². The second kappa shape index (κ2) is 5.72. The van der Waals surface area contributed by atoms with Crippen LogP contribution in [0.15, 0.2) is 0 Å². The van der Waals surface area contributed by atoms with E-state index in [9.17, 15) is 4.79 Å². The molecule has 0 aromatic carbocycles. The molecule has 1 saturated carbocycles. The van der Waals surface area contributed by atoms with Crippen molar-refractivity contribution in [2.45, 2.75) is 51.1 Å². The van der Waals surface area contributed by atoms with Crippen LogP contribution in [0.5, 0.6) is 0 Å². The fourth-order valence-corrected chi connectivity index (χ4v) is 1.98. The van der Waals surface area contributed by atoms with Crippen LogP contribution in [-0.2, 0) is 4.79 Å². The van der Waals surface area contributed by atoms with Gasteiger partial charge < -0.3 is 11.1 Å². The molecule has 1 aliphatic rings. The van der Waals surface area contributed by atoms with E-state index in [0.717, 1.165) is 25.7 Å². The van der Waals surface area contributed by atoms with Gasteiger partial charge in [-0.05, 0) is 25.7 Å². The van der Waals surface area contributed by atoms with Crippen LogP contribution in [0.2, 0.25) is 0 Å². The molecule has 1 rings (SSSR count). The minimum atomic E-state index is -0.000625. The van der Waals surface area contributed by atoms with Gasteiger partial charge in [0.1, 0.15) is 0 Å². The Bertz CT molecular complexity index is 259. The maximum absolute atomic E-state index is 11.8. The summed E-state index contributed by atoms with van der Waals surface area (Å²) in [6.07, 6.45) is 3.80. The molecule has 1 aliphatic carbocycles. The average Bonchev–Trinajstić information content (AvgIpc) is 2.64. The molecular weight excluding hydrogens is 190 g/mol. The number of hydrogen-bond donors (Lipinski definition) is 2. The Morgan fingerprint density at radius 3 is 2.87 bits per heavy atom. The summed E-state index contributed by atoms with van der Waals surface area (Å²) in [5.74, 6) is 0.137. The second-order valence-electron chi connectivity index (χ2n) is 4.25. The fraction of sp³-hybridized carbons (Fsp3) is 0.818. The molecule has 0 aliphatic heterocycles. The van der Waals surface area contributed by atoms with Crippen LogP contribution in [0.3, 0.4) is 0 Å². The molecule has 3 N–H and O–H groups in total. The molecule has 0 heterocycles. The maximum atomic E-state index is 11.8. The van der Waals surface area contributed by atoms with E-state index in [1.165, 1.54) is 0 Å². The lowest BCUT2D eigenvalue weighted by Crippen LogP contribution is -2.38. The van der Waals surface area contributed by atoms with Gasteiger partial charge in [0.2, 0.25) is 5.91 Å². The highest BCUT2D eigenvalue weighted by atomic mass is 16.1. The van der Waals surface area contributed by atoms with Gasteiger partial charge in [-0.15, -0.1) is 0 Å². The van der Waals surface area contributed by atoms with Crippen molar-refractivity contribution in [3.05, 3.63) is 0 Å². The molecule has 0 radical (unpaired) electrons. The number of nitrogens with two attached hydrogens (primary N) is 1. The van der Waals surface area contributed by atoms with E-state index in [4.69, 9.17) is 11.0 Å². The molecule has 1 fully saturated rings. The maximum Gasteiger partial charge on any atom is 0.223 e. The third-order valence-electron chi connectivity index (χ3n) is 3.02. The lowest BCUT2D eigenvalue weighted by atomic mass is 10.1. The first kappa shape index (κ1) is 12.0. The number of hydrogen-bond acceptors (Lipinski definition) is 3. The zero-order valence-electron chi connectivity index (χ0n) is 9.20. The van der Waals surface area contributed by atoms with Crippen molar-refractivity contribution in [1.82, 2.24) is 5.32 Å². The molecule has 0 aromatic rings. The van der Waals surface area contributed by atoms with Gasteiger partial charge in [-0.25, -0.2) is 0 Å². The van der Waals surface area contributed by atoms with Gasteiger partial charge in [0, 0.05) is 18.0 Å². The topological polar surface area (TPSA) is 78.9 Å². The van der Waals surface area contributed by atoms with Crippen LogP contribution in [-0.4, -0.2) is 18.0 Å². The van der Waals surface area contributed by atoms with Crippen LogP contribution >= 0.6 is 0 Å². The number of rotatable bonds is 4. The summed E-state index contributed by atoms with van der Waals surface area (Å²) in [6, 6.07) is 2.26. The summed E-state index contributed by atoms with van der Waals surface area (Å²) in [5.41, 5.74) is 5.75. The first-order valence-electron chi connectivity index (χ1n) is 5.60. The number of carbonyl (C=O) groups is 1. The molecule has 1 amide bonds. The van der Waals surface area contributed by atoms with Gasteiger partial charge >= 0.3 is 0 Å². The van der Waals surface area contributed by atoms with Gasteiger partial charge in [0.25, 0.3) is 0 Å². The molecule has 3 atom stereocenters. The van der Waals surface area contributed by atoms with Gasteiger partial charge in [-0.1, -0.05) is 6.92 Å². The van der Waals surface area contributed by atoms with E-state index in [-0.39, 0.29) is 23.9 Å². The number of nitrogens with one attached hydrogen (secondary N) is 1. The van der Waals surface area contributed by atoms with Crippen molar-refractivity contribution in [3.63, 3.8) is 0 Å². The molecule has 0 aromatic heterocycles. The zero-order valence-corrected chi connectivity index (χ0v) is 9.20. The van der Waals surface area contributed by atoms with E-state index in [1.807, 2.05) is 6.92 Å². The zero-order chi connectivity index (χ0) is 11.3. The van der Waals surface area contributed by atoms with Crippen LogP contribution in [0.25, 0.3) is 0 Å². The standard InChI is InChI=1S/C11H19N3O/c1-2-10(5-6-12)14-11(15)8-3-4-9(13)7-8/h8-10H,2-5,7,13H2,1H3,(H,14,15). The van der Waals surface area contributed by atoms with E-state index in [2.05, 4.69) is 11.4 Å². The number of nitriles is 1. The van der Waals surface area contributed by atoms with Crippen molar-refractivity contribution in [2.75, 3.05) is 0 Å². The lowest BCUT2D eigenvalue weighted by Gasteiger charge is -2.16. The van der Waals surface area contributed by atoms with Crippen LogP contribution in [0.1, 0.15) is 39.0 Å². The third kappa shape index (κ3) is 3.52. The monoisotopic (exact) mass is 209 g/mol. The number of amides is 1. The van der Waals surface area contributed by atoms with Crippen LogP contribution in [0, 0.1) is 17.2 Å². The highest BCUT2D eigenvalue weighted by Crippen LogP contribution is 2.24. The van der Waals surface area contributed by atoms with Gasteiger partial charge in [-0.2, -0.15) is 5.26 Å². The Morgan fingerprint density at radius 2 is 2.40 bits per heavy atom. The Kier molecular flexibility index (Phi) is 4.57. The summed E-state index contributed by atoms with van der Waals surface area (Å²) in [5, 5.41) is 11.5. The van der Waals surface area contributed by atoms with Crippen molar-refractivity contribution < 1.29 is 4.79 Å². The van der Waals surface area contributed by atoms with Crippen molar-refractivity contribution in [1.29, 1.82) is 5.26 Å². The Morgan fingerprint density at radius 1 is 1.67 bits per heavy atom. The van der Waals surface area contributed by atoms with E-state index in [1.54, 1.807) is 0 Å². The predicted molar refractivity (Wildman–Crippen MR) is 57.8 cm³/mol. The van der Waals surface area contributed by atoms with E-state index < -0.39 is 0 Å². The lowest BCUT2D eigenvalue weighted by molar-refractivity contribution is -0.125. The molecule has 84 valence electrons. The molecule has 3 unspecified atom stereocenters. The van der Waals surface area contributed by atoms with Crippen molar-refractivity contribution >= 4 is 5.91 Å². The predicted octanol–water partition coefficient (Wildman–Crippen LogP) is 0.922. The summed E-state index contributed by atoms with van der Waals surface area (Å²) in [6.45, 7) is 1.97. The minimum absolute atomic E-state index is 0.000625. The quantitative estimate of drug-likeness (QED) is 0.722. The highest BCUT2D eigenvalue weighted by molar-refractivity contribution is 5.79. The van der Waals surface area contributed by atoms with Gasteiger partial charge in [0.15, 0.2) is 0 Å². The minimum Gasteiger partial charge on any atom is -0.352 e. The summed E-state index contributed by atoms with van der Waals surface area (Å²) in [7, 11) is 0. The molecule has 4 nitrogen and oxygen atoms in total. The largest absolute Gasteiger partial charge is 0.352 e. The number of nitrogens with zero attached hydrogens (tertiary/aromatic N) is 1. The summed E-state index contributed by atoms with van der Waals surface area (Å²) >= 11 is 0. The molecule has 0 bridgehead atoms. The first-order chi connectivity index (χ1) is 7.17. The van der Waals surface area contributed by atoms with Crippen LogP contribution < -0.4 is 11.1 Å². The number of carbonyl (C=O) groups excluding carboxylic acids is 1. The fourth-order valence-electron chi connectivity index (χ4n) is 1.98. The summed E-state index contributed by atoms with van der Waals surface area (Å²) < 4.78 is 0. The highest BCUT2D eigenvalue weighted by Gasteiger charge is 2.28. The summed E-state index contributed by atoms with van der Waals surface area (Å²) in [4.78, 5) is 11.8. The molecule has 0 spiro atoms.